The Kier molecular flexibility index (Phi) is 42.0. The molecule has 0 rings (SSSR count). The summed E-state index contributed by atoms with van der Waals surface area (Å²) in [7, 11) is -4.63. The number of unbranched alkanes of at least 4 members (excludes halogenated alkanes) is 19. The predicted molar refractivity (Wildman–Crippen MR) is 242 cm³/mol. The van der Waals surface area contributed by atoms with Crippen LogP contribution in [-0.2, 0) is 32.7 Å². The van der Waals surface area contributed by atoms with Gasteiger partial charge < -0.3 is 24.6 Å². The second-order valence-electron chi connectivity index (χ2n) is 15.4. The molecule has 0 bridgehead atoms. The van der Waals surface area contributed by atoms with Crippen molar-refractivity contribution in [3.63, 3.8) is 0 Å². The number of carbonyl (C=O) groups excluding carboxylic acids is 2. The predicted octanol–water partition coefficient (Wildman–Crippen LogP) is 12.7. The van der Waals surface area contributed by atoms with Gasteiger partial charge in [0.05, 0.1) is 19.8 Å². The number of ether oxygens (including phenoxy) is 2. The summed E-state index contributed by atoms with van der Waals surface area (Å²) >= 11 is 0. The number of hydrogen-bond donors (Lipinski definition) is 3. The van der Waals surface area contributed by atoms with E-state index in [1.807, 2.05) is 0 Å². The Morgan fingerprint density at radius 2 is 0.932 bits per heavy atom. The van der Waals surface area contributed by atoms with Gasteiger partial charge in [0.2, 0.25) is 0 Å². The number of allylic oxidation sites excluding steroid dienone is 10. The van der Waals surface area contributed by atoms with E-state index in [1.165, 1.54) is 70.6 Å². The van der Waals surface area contributed by atoms with Crippen molar-refractivity contribution in [2.24, 2.45) is 0 Å². The van der Waals surface area contributed by atoms with E-state index in [9.17, 15) is 24.2 Å². The van der Waals surface area contributed by atoms with Gasteiger partial charge in [0, 0.05) is 12.8 Å². The molecule has 0 aliphatic rings. The second-order valence-corrected chi connectivity index (χ2v) is 16.8. The van der Waals surface area contributed by atoms with Crippen molar-refractivity contribution in [3.05, 3.63) is 60.8 Å². The molecule has 0 aromatic rings. The summed E-state index contributed by atoms with van der Waals surface area (Å²) in [4.78, 5) is 35.1. The highest BCUT2D eigenvalue weighted by atomic mass is 31.2. The summed E-state index contributed by atoms with van der Waals surface area (Å²) in [5.74, 6) is -0.941. The number of esters is 2. The zero-order valence-electron chi connectivity index (χ0n) is 37.2. The Balaban J connectivity index is 4.26. The third-order valence-corrected chi connectivity index (χ3v) is 10.6. The van der Waals surface area contributed by atoms with E-state index in [0.29, 0.717) is 12.8 Å². The number of phosphoric ester groups is 1. The molecule has 0 radical (unpaired) electrons. The van der Waals surface area contributed by atoms with E-state index in [1.54, 1.807) is 0 Å². The molecule has 10 nitrogen and oxygen atoms in total. The highest BCUT2D eigenvalue weighted by Crippen LogP contribution is 2.43. The normalized spacial score (nSPS) is 14.3. The van der Waals surface area contributed by atoms with Crippen LogP contribution in [0.1, 0.15) is 194 Å². The van der Waals surface area contributed by atoms with Gasteiger partial charge in [-0.1, -0.05) is 164 Å². The summed E-state index contributed by atoms with van der Waals surface area (Å²) in [5, 5.41) is 18.4. The molecule has 0 aromatic heterocycles. The van der Waals surface area contributed by atoms with Crippen LogP contribution in [0.4, 0.5) is 0 Å². The molecule has 0 aliphatic carbocycles. The van der Waals surface area contributed by atoms with Crippen molar-refractivity contribution in [1.82, 2.24) is 0 Å². The van der Waals surface area contributed by atoms with Gasteiger partial charge >= 0.3 is 19.8 Å². The first-order chi connectivity index (χ1) is 28.7. The SMILES string of the molecule is CC/C=C\C/C=C\C/C=C\CCCCCCCCCC(=O)OC(COC(=O)CCCCCCCCCCC/C=C\C/C=C\CCCCC)COP(=O)(O)OCC(O)CO. The highest BCUT2D eigenvalue weighted by molar-refractivity contribution is 7.47. The molecule has 0 amide bonds. The van der Waals surface area contributed by atoms with Gasteiger partial charge in [0.25, 0.3) is 0 Å². The van der Waals surface area contributed by atoms with Crippen molar-refractivity contribution in [2.45, 2.75) is 206 Å². The minimum atomic E-state index is -4.63. The molecule has 0 spiro atoms. The molecule has 3 N–H and O–H groups in total. The lowest BCUT2D eigenvalue weighted by molar-refractivity contribution is -0.161. The maximum Gasteiger partial charge on any atom is 0.472 e. The van der Waals surface area contributed by atoms with Crippen LogP contribution >= 0.6 is 7.82 Å². The van der Waals surface area contributed by atoms with Crippen molar-refractivity contribution in [1.29, 1.82) is 0 Å². The smallest absolute Gasteiger partial charge is 0.462 e. The topological polar surface area (TPSA) is 149 Å². The molecule has 0 heterocycles. The minimum absolute atomic E-state index is 0.170. The molecule has 0 saturated heterocycles. The Bertz CT molecular complexity index is 1160. The lowest BCUT2D eigenvalue weighted by Gasteiger charge is -2.20. The monoisotopic (exact) mass is 853 g/mol. The van der Waals surface area contributed by atoms with Crippen molar-refractivity contribution in [2.75, 3.05) is 26.4 Å². The molecule has 0 aliphatic heterocycles. The van der Waals surface area contributed by atoms with Crippen LogP contribution in [0.15, 0.2) is 60.8 Å². The largest absolute Gasteiger partial charge is 0.472 e. The van der Waals surface area contributed by atoms with Crippen LogP contribution in [-0.4, -0.2) is 65.7 Å². The molecule has 0 fully saturated rings. The van der Waals surface area contributed by atoms with Gasteiger partial charge in [-0.05, 0) is 77.0 Å². The molecule has 3 atom stereocenters. The van der Waals surface area contributed by atoms with E-state index in [0.717, 1.165) is 83.5 Å². The molecule has 59 heavy (non-hydrogen) atoms. The first-order valence-corrected chi connectivity index (χ1v) is 24.7. The van der Waals surface area contributed by atoms with Gasteiger partial charge in [-0.25, -0.2) is 4.57 Å². The van der Waals surface area contributed by atoms with Crippen LogP contribution in [0.5, 0.6) is 0 Å². The lowest BCUT2D eigenvalue weighted by atomic mass is 10.1. The molecule has 0 saturated carbocycles. The van der Waals surface area contributed by atoms with Crippen LogP contribution < -0.4 is 0 Å². The van der Waals surface area contributed by atoms with Gasteiger partial charge in [-0.15, -0.1) is 0 Å². The molecule has 0 aromatic carbocycles. The fourth-order valence-electron chi connectivity index (χ4n) is 6.10. The summed E-state index contributed by atoms with van der Waals surface area (Å²) in [6.45, 7) is 2.24. The number of carbonyl (C=O) groups is 2. The summed E-state index contributed by atoms with van der Waals surface area (Å²) in [6, 6.07) is 0. The summed E-state index contributed by atoms with van der Waals surface area (Å²) in [5.41, 5.74) is 0. The van der Waals surface area contributed by atoms with Crippen molar-refractivity contribution in [3.8, 4) is 0 Å². The van der Waals surface area contributed by atoms with Crippen LogP contribution in [0.2, 0.25) is 0 Å². The fourth-order valence-corrected chi connectivity index (χ4v) is 6.89. The van der Waals surface area contributed by atoms with E-state index >= 15 is 0 Å². The molecule has 11 heteroatoms. The number of aliphatic hydroxyl groups excluding tert-OH is 2. The van der Waals surface area contributed by atoms with Gasteiger partial charge in [-0.2, -0.15) is 0 Å². The second kappa shape index (κ2) is 43.7. The summed E-state index contributed by atoms with van der Waals surface area (Å²) in [6.07, 6.45) is 48.9. The van der Waals surface area contributed by atoms with Gasteiger partial charge in [0.1, 0.15) is 12.7 Å². The average Bonchev–Trinajstić information content (AvgIpc) is 3.22. The number of rotatable bonds is 43. The van der Waals surface area contributed by atoms with Gasteiger partial charge in [-0.3, -0.25) is 18.6 Å². The molecule has 342 valence electrons. The van der Waals surface area contributed by atoms with Gasteiger partial charge in [0.15, 0.2) is 6.10 Å². The Labute approximate surface area is 359 Å². The molecular weight excluding hydrogens is 767 g/mol. The fraction of sp³-hybridized carbons (Fsp3) is 0.750. The van der Waals surface area contributed by atoms with Crippen molar-refractivity contribution >= 4 is 19.8 Å². The first kappa shape index (κ1) is 56.7. The van der Waals surface area contributed by atoms with E-state index in [-0.39, 0.29) is 19.4 Å². The Morgan fingerprint density at radius 1 is 0.525 bits per heavy atom. The molecule has 3 unspecified atom stereocenters. The quantitative estimate of drug-likeness (QED) is 0.0234. The average molecular weight is 853 g/mol. The third kappa shape index (κ3) is 43.6. The van der Waals surface area contributed by atoms with E-state index in [4.69, 9.17) is 23.6 Å². The van der Waals surface area contributed by atoms with Crippen LogP contribution in [0.25, 0.3) is 0 Å². The standard InChI is InChI=1S/C48H85O10P/c1-3-5-7-9-11-13-15-17-19-21-22-24-25-27-29-31-33-35-37-39-47(51)55-43-46(44-57-59(53,54)56-42-45(50)41-49)58-48(52)40-38-36-34-32-30-28-26-23-20-18-16-14-12-10-8-6-4-2/h6,8,11-14,17-20,45-46,49-50H,3-5,7,9-10,15-16,21-44H2,1-2H3,(H,53,54)/b8-6-,13-11-,14-12-,19-17-,20-18-. The zero-order valence-corrected chi connectivity index (χ0v) is 38.1. The zero-order chi connectivity index (χ0) is 43.3. The molecular formula is C48H85O10P. The lowest BCUT2D eigenvalue weighted by Crippen LogP contribution is -2.29. The first-order valence-electron chi connectivity index (χ1n) is 23.2. The van der Waals surface area contributed by atoms with E-state index in [2.05, 4.69) is 74.6 Å². The van der Waals surface area contributed by atoms with E-state index < -0.39 is 51.8 Å². The maximum absolute atomic E-state index is 12.6. The number of aliphatic hydroxyl groups is 2. The third-order valence-electron chi connectivity index (χ3n) is 9.66. The van der Waals surface area contributed by atoms with Crippen LogP contribution in [0.3, 0.4) is 0 Å². The maximum atomic E-state index is 12.6. The van der Waals surface area contributed by atoms with Crippen molar-refractivity contribution < 1.29 is 47.8 Å². The Morgan fingerprint density at radius 3 is 1.41 bits per heavy atom. The number of hydrogen-bond acceptors (Lipinski definition) is 9. The van der Waals surface area contributed by atoms with Crippen LogP contribution in [0, 0.1) is 0 Å². The minimum Gasteiger partial charge on any atom is -0.462 e. The number of phosphoric acid groups is 1. The summed E-state index contributed by atoms with van der Waals surface area (Å²) < 4.78 is 32.8. The highest BCUT2D eigenvalue weighted by Gasteiger charge is 2.27. The Hall–Kier alpha value is -2.33.